The molecule has 128 valence electrons. The summed E-state index contributed by atoms with van der Waals surface area (Å²) < 4.78 is 1.81. The quantitative estimate of drug-likeness (QED) is 0.787. The van der Waals surface area contributed by atoms with Gasteiger partial charge in [-0.1, -0.05) is 30.1 Å². The Labute approximate surface area is 150 Å². The molecule has 1 aromatic heterocycles. The van der Waals surface area contributed by atoms with Crippen LogP contribution >= 0.6 is 23.2 Å². The van der Waals surface area contributed by atoms with Crippen molar-refractivity contribution in [2.75, 3.05) is 13.1 Å². The van der Waals surface area contributed by atoms with Gasteiger partial charge in [-0.05, 0) is 30.2 Å². The highest BCUT2D eigenvalue weighted by molar-refractivity contribution is 6.36. The van der Waals surface area contributed by atoms with E-state index < -0.39 is 5.91 Å². The molecule has 0 radical (unpaired) electrons. The third kappa shape index (κ3) is 5.54. The Bertz CT molecular complexity index is 704. The van der Waals surface area contributed by atoms with E-state index in [2.05, 4.69) is 15.7 Å². The van der Waals surface area contributed by atoms with Crippen molar-refractivity contribution in [3.63, 3.8) is 0 Å². The van der Waals surface area contributed by atoms with Crippen LogP contribution in [-0.4, -0.2) is 34.7 Å². The van der Waals surface area contributed by atoms with E-state index in [-0.39, 0.29) is 29.0 Å². The van der Waals surface area contributed by atoms with Crippen molar-refractivity contribution in [1.82, 2.24) is 20.4 Å². The van der Waals surface area contributed by atoms with E-state index in [9.17, 15) is 9.59 Å². The molecule has 0 aliphatic carbocycles. The van der Waals surface area contributed by atoms with Crippen LogP contribution in [0, 0.1) is 5.92 Å². The van der Waals surface area contributed by atoms with Crippen molar-refractivity contribution >= 4 is 35.0 Å². The number of hydrogen-bond donors (Lipinski definition) is 2. The van der Waals surface area contributed by atoms with E-state index in [1.807, 2.05) is 19.2 Å². The van der Waals surface area contributed by atoms with Crippen LogP contribution < -0.4 is 10.6 Å². The van der Waals surface area contributed by atoms with Gasteiger partial charge < -0.3 is 10.6 Å². The Morgan fingerprint density at radius 2 is 2.08 bits per heavy atom. The molecule has 6 nitrogen and oxygen atoms in total. The Balaban J connectivity index is 1.73. The summed E-state index contributed by atoms with van der Waals surface area (Å²) in [6.45, 7) is 3.09. The van der Waals surface area contributed by atoms with Gasteiger partial charge in [0, 0.05) is 30.5 Å². The number of halogens is 2. The minimum Gasteiger partial charge on any atom is -0.354 e. The number of amides is 2. The first-order valence-corrected chi connectivity index (χ1v) is 8.18. The molecular formula is C16H18Cl2N4O2. The van der Waals surface area contributed by atoms with E-state index in [0.29, 0.717) is 18.1 Å². The molecule has 0 bridgehead atoms. The molecule has 0 aliphatic rings. The number of rotatable bonds is 7. The van der Waals surface area contributed by atoms with Crippen LogP contribution in [0.3, 0.4) is 0 Å². The zero-order valence-electron chi connectivity index (χ0n) is 13.1. The number of carbonyl (C=O) groups is 2. The van der Waals surface area contributed by atoms with Gasteiger partial charge in [-0.3, -0.25) is 14.3 Å². The number of carbonyl (C=O) groups excluding carboxylic acids is 2. The molecule has 0 spiro atoms. The molecule has 1 heterocycles. The lowest BCUT2D eigenvalue weighted by atomic mass is 10.2. The highest BCUT2D eigenvalue weighted by Gasteiger charge is 2.12. The van der Waals surface area contributed by atoms with Gasteiger partial charge in [-0.2, -0.15) is 5.10 Å². The number of aromatic nitrogens is 2. The van der Waals surface area contributed by atoms with Crippen LogP contribution in [0.15, 0.2) is 36.7 Å². The van der Waals surface area contributed by atoms with Crippen LogP contribution in [0.1, 0.15) is 17.3 Å². The molecule has 2 N–H and O–H groups in total. The monoisotopic (exact) mass is 368 g/mol. The summed E-state index contributed by atoms with van der Waals surface area (Å²) in [5.74, 6) is -0.465. The summed E-state index contributed by atoms with van der Waals surface area (Å²) in [7, 11) is 0. The molecule has 0 fully saturated rings. The number of nitrogens with one attached hydrogen (secondary N) is 2. The van der Waals surface area contributed by atoms with Crippen LogP contribution in [0.25, 0.3) is 0 Å². The van der Waals surface area contributed by atoms with Crippen LogP contribution in [-0.2, 0) is 11.3 Å². The summed E-state index contributed by atoms with van der Waals surface area (Å²) in [4.78, 5) is 23.8. The lowest BCUT2D eigenvalue weighted by Crippen LogP contribution is -2.39. The maximum absolute atomic E-state index is 12.0. The number of nitrogens with zero attached hydrogens (tertiary/aromatic N) is 2. The van der Waals surface area contributed by atoms with Gasteiger partial charge in [0.15, 0.2) is 0 Å². The van der Waals surface area contributed by atoms with Crippen LogP contribution in [0.2, 0.25) is 10.0 Å². The van der Waals surface area contributed by atoms with Crippen molar-refractivity contribution in [3.8, 4) is 0 Å². The molecule has 0 saturated heterocycles. The van der Waals surface area contributed by atoms with E-state index in [4.69, 9.17) is 23.2 Å². The zero-order chi connectivity index (χ0) is 17.5. The molecule has 1 atom stereocenters. The predicted octanol–water partition coefficient (Wildman–Crippen LogP) is 2.37. The molecule has 2 aromatic rings. The van der Waals surface area contributed by atoms with Crippen LogP contribution in [0.4, 0.5) is 0 Å². The first-order valence-electron chi connectivity index (χ1n) is 7.43. The standard InChI is InChI=1S/C16H18Cl2N4O2/c1-11(10-22-6-2-5-21-22)8-19-15(23)9-20-16(24)13-4-3-12(17)7-14(13)18/h2-7,11H,8-10H2,1H3,(H,19,23)(H,20,24). The summed E-state index contributed by atoms with van der Waals surface area (Å²) in [6, 6.07) is 6.42. The molecule has 0 aliphatic heterocycles. The predicted molar refractivity (Wildman–Crippen MR) is 93.2 cm³/mol. The van der Waals surface area contributed by atoms with Crippen molar-refractivity contribution < 1.29 is 9.59 Å². The summed E-state index contributed by atoms with van der Waals surface area (Å²) in [5.41, 5.74) is 0.279. The molecule has 1 unspecified atom stereocenters. The summed E-state index contributed by atoms with van der Waals surface area (Å²) in [5, 5.41) is 10.1. The Morgan fingerprint density at radius 1 is 1.29 bits per heavy atom. The van der Waals surface area contributed by atoms with Gasteiger partial charge >= 0.3 is 0 Å². The average molecular weight is 369 g/mol. The van der Waals surface area contributed by atoms with Crippen molar-refractivity contribution in [2.45, 2.75) is 13.5 Å². The fourth-order valence-electron chi connectivity index (χ4n) is 2.07. The smallest absolute Gasteiger partial charge is 0.253 e. The van der Waals surface area contributed by atoms with Crippen molar-refractivity contribution in [3.05, 3.63) is 52.3 Å². The van der Waals surface area contributed by atoms with Gasteiger partial charge in [0.2, 0.25) is 5.91 Å². The molecule has 2 amide bonds. The largest absolute Gasteiger partial charge is 0.354 e. The highest BCUT2D eigenvalue weighted by Crippen LogP contribution is 2.20. The minimum atomic E-state index is -0.420. The topological polar surface area (TPSA) is 76.0 Å². The maximum Gasteiger partial charge on any atom is 0.253 e. The van der Waals surface area contributed by atoms with E-state index in [1.165, 1.54) is 12.1 Å². The third-order valence-corrected chi connectivity index (χ3v) is 3.84. The first kappa shape index (κ1) is 18.3. The molecule has 2 rings (SSSR count). The Morgan fingerprint density at radius 3 is 2.75 bits per heavy atom. The molecule has 1 aromatic carbocycles. The van der Waals surface area contributed by atoms with E-state index in [1.54, 1.807) is 16.9 Å². The molecule has 0 saturated carbocycles. The highest BCUT2D eigenvalue weighted by atomic mass is 35.5. The fourth-order valence-corrected chi connectivity index (χ4v) is 2.57. The maximum atomic E-state index is 12.0. The van der Waals surface area contributed by atoms with E-state index in [0.717, 1.165) is 0 Å². The molecule has 8 heteroatoms. The Kier molecular flexibility index (Phi) is 6.63. The lowest BCUT2D eigenvalue weighted by Gasteiger charge is -2.13. The van der Waals surface area contributed by atoms with Crippen LogP contribution in [0.5, 0.6) is 0 Å². The summed E-state index contributed by atoms with van der Waals surface area (Å²) in [6.07, 6.45) is 3.58. The number of benzene rings is 1. The SMILES string of the molecule is CC(CNC(=O)CNC(=O)c1ccc(Cl)cc1Cl)Cn1cccn1. The Hall–Kier alpha value is -2.05. The normalized spacial score (nSPS) is 11.8. The van der Waals surface area contributed by atoms with Crippen molar-refractivity contribution in [1.29, 1.82) is 0 Å². The summed E-state index contributed by atoms with van der Waals surface area (Å²) >= 11 is 11.7. The second-order valence-corrected chi connectivity index (χ2v) is 6.29. The minimum absolute atomic E-state index is 0.119. The van der Waals surface area contributed by atoms with Gasteiger partial charge in [0.25, 0.3) is 5.91 Å². The number of hydrogen-bond acceptors (Lipinski definition) is 3. The molecular weight excluding hydrogens is 351 g/mol. The van der Waals surface area contributed by atoms with Gasteiger partial charge in [0.1, 0.15) is 0 Å². The first-order chi connectivity index (χ1) is 11.5. The van der Waals surface area contributed by atoms with Gasteiger partial charge in [-0.25, -0.2) is 0 Å². The average Bonchev–Trinajstić information content (AvgIpc) is 3.03. The zero-order valence-corrected chi connectivity index (χ0v) is 14.6. The second kappa shape index (κ2) is 8.70. The molecule has 24 heavy (non-hydrogen) atoms. The lowest BCUT2D eigenvalue weighted by molar-refractivity contribution is -0.120. The van der Waals surface area contributed by atoms with Gasteiger partial charge in [0.05, 0.1) is 17.1 Å². The third-order valence-electron chi connectivity index (χ3n) is 3.29. The second-order valence-electron chi connectivity index (χ2n) is 5.44. The fraction of sp³-hybridized carbons (Fsp3) is 0.312. The van der Waals surface area contributed by atoms with Crippen molar-refractivity contribution in [2.24, 2.45) is 5.92 Å². The van der Waals surface area contributed by atoms with Gasteiger partial charge in [-0.15, -0.1) is 0 Å². The van der Waals surface area contributed by atoms with E-state index >= 15 is 0 Å².